The third kappa shape index (κ3) is 2.89. The molecule has 2 heterocycles. The molecule has 2 bridgehead atoms. The Labute approximate surface area is 126 Å². The number of primary amides is 1. The third-order valence-corrected chi connectivity index (χ3v) is 3.40. The Morgan fingerprint density at radius 2 is 2.09 bits per heavy atom. The summed E-state index contributed by atoms with van der Waals surface area (Å²) in [6, 6.07) is -2.20. The van der Waals surface area contributed by atoms with Gasteiger partial charge in [0.15, 0.2) is 0 Å². The van der Waals surface area contributed by atoms with Gasteiger partial charge < -0.3 is 15.4 Å². The van der Waals surface area contributed by atoms with Crippen molar-refractivity contribution in [2.45, 2.75) is 45.3 Å². The smallest absolute Gasteiger partial charge is 0.371 e. The molecule has 22 heavy (non-hydrogen) atoms. The largest absolute Gasteiger partial charge is 0.459 e. The van der Waals surface area contributed by atoms with Crippen molar-refractivity contribution in [1.29, 1.82) is 0 Å². The van der Waals surface area contributed by atoms with E-state index in [2.05, 4.69) is 4.74 Å². The van der Waals surface area contributed by atoms with E-state index in [1.54, 1.807) is 20.8 Å². The first-order chi connectivity index (χ1) is 10.2. The molecule has 0 saturated carbocycles. The Morgan fingerprint density at radius 3 is 2.64 bits per heavy atom. The molecule has 0 aliphatic carbocycles. The number of halogens is 1. The lowest BCUT2D eigenvalue weighted by Gasteiger charge is -2.26. The quantitative estimate of drug-likeness (QED) is 0.572. The first-order valence-electron chi connectivity index (χ1n) is 6.81. The van der Waals surface area contributed by atoms with E-state index < -0.39 is 42.5 Å². The normalized spacial score (nSPS) is 25.3. The lowest BCUT2D eigenvalue weighted by molar-refractivity contribution is -0.226. The summed E-state index contributed by atoms with van der Waals surface area (Å²) in [6.07, 6.45) is -1.41. The lowest BCUT2D eigenvalue weighted by Crippen LogP contribution is -2.46. The zero-order valence-electron chi connectivity index (χ0n) is 12.5. The van der Waals surface area contributed by atoms with Crippen LogP contribution in [0.25, 0.3) is 0 Å². The highest BCUT2D eigenvalue weighted by atomic mass is 19.1. The van der Waals surface area contributed by atoms with Gasteiger partial charge in [0.2, 0.25) is 5.91 Å². The number of alkyl halides is 1. The van der Waals surface area contributed by atoms with Crippen LogP contribution in [0.4, 0.5) is 9.18 Å². The monoisotopic (exact) mass is 315 g/mol. The van der Waals surface area contributed by atoms with Crippen LogP contribution < -0.4 is 5.73 Å². The summed E-state index contributed by atoms with van der Waals surface area (Å²) in [7, 11) is 0. The van der Waals surface area contributed by atoms with Gasteiger partial charge in [-0.25, -0.2) is 18.8 Å². The number of amides is 3. The highest BCUT2D eigenvalue weighted by molar-refractivity contribution is 5.90. The van der Waals surface area contributed by atoms with Gasteiger partial charge in [0, 0.05) is 0 Å². The Balaban J connectivity index is 2.11. The Kier molecular flexibility index (Phi) is 4.36. The van der Waals surface area contributed by atoms with Crippen LogP contribution in [0.1, 0.15) is 20.8 Å². The maximum Gasteiger partial charge on any atom is 0.371 e. The number of nitrogens with two attached hydrogens (primary N) is 1. The highest BCUT2D eigenvalue weighted by Crippen LogP contribution is 2.30. The van der Waals surface area contributed by atoms with Crippen LogP contribution in [0.15, 0.2) is 11.6 Å². The fraction of sp³-hybridized carbons (Fsp3) is 0.615. The zero-order valence-corrected chi connectivity index (χ0v) is 12.5. The molecule has 0 aromatic rings. The van der Waals surface area contributed by atoms with Crippen LogP contribution in [0.5, 0.6) is 0 Å². The Hall–Kier alpha value is -2.16. The van der Waals surface area contributed by atoms with Gasteiger partial charge in [0.25, 0.3) is 0 Å². The van der Waals surface area contributed by atoms with Crippen LogP contribution in [0.2, 0.25) is 0 Å². The van der Waals surface area contributed by atoms with Crippen LogP contribution in [-0.4, -0.2) is 59.0 Å². The van der Waals surface area contributed by atoms with E-state index in [0.29, 0.717) is 5.57 Å². The number of carbonyl (C=O) groups is 3. The van der Waals surface area contributed by atoms with E-state index >= 15 is 0 Å². The number of rotatable bonds is 5. The molecule has 0 spiro atoms. The molecule has 0 radical (unpaired) electrons. The average molecular weight is 315 g/mol. The van der Waals surface area contributed by atoms with E-state index in [-0.39, 0.29) is 6.54 Å². The summed E-state index contributed by atoms with van der Waals surface area (Å²) in [5.41, 5.74) is 5.88. The molecule has 1 fully saturated rings. The van der Waals surface area contributed by atoms with E-state index in [4.69, 9.17) is 10.6 Å². The second-order valence-corrected chi connectivity index (χ2v) is 5.44. The molecule has 8 nitrogen and oxygen atoms in total. The molecule has 3 amide bonds. The molecule has 122 valence electrons. The van der Waals surface area contributed by atoms with Gasteiger partial charge in [0.05, 0.1) is 12.6 Å². The van der Waals surface area contributed by atoms with Gasteiger partial charge in [-0.2, -0.15) is 5.06 Å². The van der Waals surface area contributed by atoms with Crippen molar-refractivity contribution in [1.82, 2.24) is 9.96 Å². The molecule has 1 saturated heterocycles. The summed E-state index contributed by atoms with van der Waals surface area (Å²) < 4.78 is 18.5. The number of urea groups is 1. The van der Waals surface area contributed by atoms with Crippen molar-refractivity contribution in [2.24, 2.45) is 5.73 Å². The van der Waals surface area contributed by atoms with Crippen molar-refractivity contribution in [2.75, 3.05) is 6.54 Å². The van der Waals surface area contributed by atoms with Gasteiger partial charge in [-0.3, -0.25) is 4.79 Å². The van der Waals surface area contributed by atoms with Crippen LogP contribution in [0.3, 0.4) is 0 Å². The Morgan fingerprint density at radius 1 is 1.45 bits per heavy atom. The van der Waals surface area contributed by atoms with E-state index in [1.807, 2.05) is 0 Å². The van der Waals surface area contributed by atoms with Gasteiger partial charge in [-0.15, -0.1) is 0 Å². The number of carbonyl (C=O) groups excluding carboxylic acids is 3. The second-order valence-electron chi connectivity index (χ2n) is 5.44. The highest BCUT2D eigenvalue weighted by Gasteiger charge is 2.48. The van der Waals surface area contributed by atoms with Crippen LogP contribution in [-0.2, 0) is 19.2 Å². The van der Waals surface area contributed by atoms with Gasteiger partial charge in [-0.05, 0) is 26.3 Å². The van der Waals surface area contributed by atoms with Crippen molar-refractivity contribution in [3.8, 4) is 0 Å². The molecule has 2 N–H and O–H groups in total. The molecular weight excluding hydrogens is 297 g/mol. The molecule has 2 aliphatic rings. The summed E-state index contributed by atoms with van der Waals surface area (Å²) in [5, 5.41) is 0.751. The van der Waals surface area contributed by atoms with Gasteiger partial charge in [-0.1, -0.05) is 6.08 Å². The minimum Gasteiger partial charge on any atom is -0.459 e. The molecule has 3 unspecified atom stereocenters. The van der Waals surface area contributed by atoms with E-state index in [0.717, 1.165) is 5.06 Å². The number of esters is 1. The molecule has 0 aromatic carbocycles. The van der Waals surface area contributed by atoms with Crippen molar-refractivity contribution < 1.29 is 28.3 Å². The molecule has 2 aliphatic heterocycles. The maximum absolute atomic E-state index is 13.8. The lowest BCUT2D eigenvalue weighted by atomic mass is 10.0. The number of hydrogen-bond acceptors (Lipinski definition) is 5. The number of nitrogens with zero attached hydrogens (tertiary/aromatic N) is 2. The minimum absolute atomic E-state index is 0.140. The maximum atomic E-state index is 13.8. The number of fused-ring (bicyclic) bond motifs is 2. The van der Waals surface area contributed by atoms with E-state index in [9.17, 15) is 18.8 Å². The molecular formula is C13H18FN3O5. The average Bonchev–Trinajstić information content (AvgIpc) is 2.68. The second kappa shape index (κ2) is 5.91. The van der Waals surface area contributed by atoms with Crippen molar-refractivity contribution in [3.05, 3.63) is 11.6 Å². The summed E-state index contributed by atoms with van der Waals surface area (Å²) >= 11 is 0. The number of hydroxylamine groups is 2. The summed E-state index contributed by atoms with van der Waals surface area (Å²) in [4.78, 5) is 41.0. The molecule has 9 heteroatoms. The molecule has 3 atom stereocenters. The topological polar surface area (TPSA) is 102 Å². The van der Waals surface area contributed by atoms with Crippen LogP contribution >= 0.6 is 0 Å². The fourth-order valence-electron chi connectivity index (χ4n) is 2.39. The van der Waals surface area contributed by atoms with Crippen molar-refractivity contribution in [3.63, 3.8) is 0 Å². The molecule has 0 aromatic heterocycles. The Bertz CT molecular complexity index is 536. The summed E-state index contributed by atoms with van der Waals surface area (Å²) in [6.45, 7) is 4.94. The third-order valence-electron chi connectivity index (χ3n) is 3.40. The number of ether oxygens (including phenoxy) is 1. The predicted molar refractivity (Wildman–Crippen MR) is 71.7 cm³/mol. The zero-order chi connectivity index (χ0) is 16.6. The first kappa shape index (κ1) is 16.2. The van der Waals surface area contributed by atoms with Crippen LogP contribution in [0, 0.1) is 0 Å². The number of hydrogen-bond donors (Lipinski definition) is 1. The molecule has 2 rings (SSSR count). The van der Waals surface area contributed by atoms with Crippen molar-refractivity contribution >= 4 is 17.9 Å². The standard InChI is InChI=1S/C13H18FN3O5/c1-6(2)21-12(19)10(14)22-17-9-5-16(13(17)20)8(11(15)18)4-7(9)3/h4,6,8-10H,5H2,1-3H3,(H2,15,18). The fourth-order valence-corrected chi connectivity index (χ4v) is 2.39. The van der Waals surface area contributed by atoms with E-state index in [1.165, 1.54) is 11.0 Å². The van der Waals surface area contributed by atoms with Gasteiger partial charge in [0.1, 0.15) is 12.1 Å². The predicted octanol–water partition coefficient (Wildman–Crippen LogP) is 0.0852. The van der Waals surface area contributed by atoms with Gasteiger partial charge >= 0.3 is 18.4 Å². The first-order valence-corrected chi connectivity index (χ1v) is 6.81. The minimum atomic E-state index is -2.42. The summed E-state index contributed by atoms with van der Waals surface area (Å²) in [5.74, 6) is -1.91. The SMILES string of the molecule is CC1=CC(C(N)=O)N2CC1N(OC(F)C(=O)OC(C)C)C2=O.